The molecular formula is C15H15NO2. The van der Waals surface area contributed by atoms with E-state index in [0.29, 0.717) is 11.3 Å². The van der Waals surface area contributed by atoms with Gasteiger partial charge in [-0.25, -0.2) is 0 Å². The van der Waals surface area contributed by atoms with Crippen molar-refractivity contribution >= 4 is 11.6 Å². The lowest BCUT2D eigenvalue weighted by Gasteiger charge is -2.17. The lowest BCUT2D eigenvalue weighted by atomic mass is 10.1. The maximum Gasteiger partial charge on any atom is 0.262 e. The van der Waals surface area contributed by atoms with Gasteiger partial charge < -0.3 is 9.32 Å². The van der Waals surface area contributed by atoms with Crippen LogP contribution < -0.4 is 4.90 Å². The quantitative estimate of drug-likeness (QED) is 0.768. The number of para-hydroxylation sites is 1. The molecule has 0 saturated carbocycles. The Balaban J connectivity index is 2.01. The van der Waals surface area contributed by atoms with Crippen LogP contribution in [0, 0.1) is 13.8 Å². The van der Waals surface area contributed by atoms with Gasteiger partial charge in [0.15, 0.2) is 0 Å². The van der Waals surface area contributed by atoms with Crippen molar-refractivity contribution in [2.24, 2.45) is 0 Å². The van der Waals surface area contributed by atoms with Gasteiger partial charge in [0.05, 0.1) is 11.8 Å². The number of aryl methyl sites for hydroxylation is 2. The number of rotatable bonds is 1. The number of hydrogen-bond acceptors (Lipinski definition) is 2. The van der Waals surface area contributed by atoms with E-state index in [9.17, 15) is 4.79 Å². The van der Waals surface area contributed by atoms with Gasteiger partial charge in [-0.15, -0.1) is 0 Å². The Kier molecular flexibility index (Phi) is 2.47. The molecule has 0 fully saturated rings. The van der Waals surface area contributed by atoms with E-state index in [2.05, 4.69) is 6.07 Å². The molecule has 3 nitrogen and oxygen atoms in total. The van der Waals surface area contributed by atoms with Gasteiger partial charge in [0.25, 0.3) is 5.91 Å². The maximum absolute atomic E-state index is 12.6. The van der Waals surface area contributed by atoms with Crippen molar-refractivity contribution in [2.75, 3.05) is 11.4 Å². The molecule has 3 rings (SSSR count). The van der Waals surface area contributed by atoms with Crippen LogP contribution in [0.3, 0.4) is 0 Å². The Bertz CT molecular complexity index is 593. The highest BCUT2D eigenvalue weighted by molar-refractivity contribution is 6.08. The molecule has 2 aromatic rings. The van der Waals surface area contributed by atoms with E-state index < -0.39 is 0 Å². The van der Waals surface area contributed by atoms with E-state index in [1.165, 1.54) is 5.56 Å². The molecular weight excluding hydrogens is 226 g/mol. The SMILES string of the molecule is Cc1coc(C)c1C(=O)N1CCc2ccccc21. The molecule has 92 valence electrons. The molecule has 0 saturated heterocycles. The Morgan fingerprint density at radius 3 is 2.78 bits per heavy atom. The summed E-state index contributed by atoms with van der Waals surface area (Å²) in [6.45, 7) is 4.50. The Labute approximate surface area is 106 Å². The smallest absolute Gasteiger partial charge is 0.262 e. The first-order chi connectivity index (χ1) is 8.68. The van der Waals surface area contributed by atoms with Crippen LogP contribution in [0.4, 0.5) is 5.69 Å². The van der Waals surface area contributed by atoms with Crippen LogP contribution in [0.1, 0.15) is 27.2 Å². The van der Waals surface area contributed by atoms with Gasteiger partial charge in [-0.05, 0) is 31.9 Å². The summed E-state index contributed by atoms with van der Waals surface area (Å²) in [6, 6.07) is 8.07. The lowest BCUT2D eigenvalue weighted by molar-refractivity contribution is 0.0987. The fourth-order valence-corrected chi connectivity index (χ4v) is 2.58. The predicted molar refractivity (Wildman–Crippen MR) is 70.0 cm³/mol. The minimum atomic E-state index is 0.0451. The van der Waals surface area contributed by atoms with E-state index >= 15 is 0 Å². The summed E-state index contributed by atoms with van der Waals surface area (Å²) in [6.07, 6.45) is 2.57. The number of benzene rings is 1. The summed E-state index contributed by atoms with van der Waals surface area (Å²) >= 11 is 0. The number of amides is 1. The molecule has 0 aliphatic carbocycles. The Morgan fingerprint density at radius 2 is 2.06 bits per heavy atom. The molecule has 1 aromatic carbocycles. The van der Waals surface area contributed by atoms with E-state index in [1.54, 1.807) is 6.26 Å². The Hall–Kier alpha value is -2.03. The molecule has 3 heteroatoms. The van der Waals surface area contributed by atoms with Crippen molar-refractivity contribution < 1.29 is 9.21 Å². The highest BCUT2D eigenvalue weighted by Gasteiger charge is 2.28. The van der Waals surface area contributed by atoms with Gasteiger partial charge in [-0.3, -0.25) is 4.79 Å². The van der Waals surface area contributed by atoms with Crippen LogP contribution in [0.2, 0.25) is 0 Å². The average molecular weight is 241 g/mol. The first kappa shape index (κ1) is 11.1. The fraction of sp³-hybridized carbons (Fsp3) is 0.267. The second-order valence-electron chi connectivity index (χ2n) is 4.69. The van der Waals surface area contributed by atoms with Crippen molar-refractivity contribution in [1.82, 2.24) is 0 Å². The Morgan fingerprint density at radius 1 is 1.28 bits per heavy atom. The van der Waals surface area contributed by atoms with Crippen molar-refractivity contribution in [1.29, 1.82) is 0 Å². The number of carbonyl (C=O) groups is 1. The standard InChI is InChI=1S/C15H15NO2/c1-10-9-18-11(2)14(10)15(17)16-8-7-12-5-3-4-6-13(12)16/h3-6,9H,7-8H2,1-2H3. The van der Waals surface area contributed by atoms with Crippen molar-refractivity contribution in [3.05, 3.63) is 53.0 Å². The fourth-order valence-electron chi connectivity index (χ4n) is 2.58. The van der Waals surface area contributed by atoms with Crippen LogP contribution in [0.15, 0.2) is 34.9 Å². The van der Waals surface area contributed by atoms with Crippen LogP contribution in [0.5, 0.6) is 0 Å². The van der Waals surface area contributed by atoms with Gasteiger partial charge in [-0.1, -0.05) is 18.2 Å². The number of furan rings is 1. The zero-order chi connectivity index (χ0) is 12.7. The molecule has 1 amide bonds. The van der Waals surface area contributed by atoms with Crippen LogP contribution in [-0.4, -0.2) is 12.5 Å². The van der Waals surface area contributed by atoms with E-state index in [-0.39, 0.29) is 5.91 Å². The lowest BCUT2D eigenvalue weighted by Crippen LogP contribution is -2.29. The molecule has 0 bridgehead atoms. The summed E-state index contributed by atoms with van der Waals surface area (Å²) in [5.41, 5.74) is 3.88. The van der Waals surface area contributed by atoms with Crippen molar-refractivity contribution in [2.45, 2.75) is 20.3 Å². The molecule has 0 spiro atoms. The first-order valence-corrected chi connectivity index (χ1v) is 6.13. The van der Waals surface area contributed by atoms with Gasteiger partial charge in [-0.2, -0.15) is 0 Å². The summed E-state index contributed by atoms with van der Waals surface area (Å²) in [4.78, 5) is 14.4. The number of fused-ring (bicyclic) bond motifs is 1. The third-order valence-electron chi connectivity index (χ3n) is 3.51. The largest absolute Gasteiger partial charge is 0.469 e. The molecule has 18 heavy (non-hydrogen) atoms. The summed E-state index contributed by atoms with van der Waals surface area (Å²) < 4.78 is 5.32. The summed E-state index contributed by atoms with van der Waals surface area (Å²) in [7, 11) is 0. The van der Waals surface area contributed by atoms with Gasteiger partial charge in [0.1, 0.15) is 5.76 Å². The second-order valence-corrected chi connectivity index (χ2v) is 4.69. The molecule has 0 N–H and O–H groups in total. The predicted octanol–water partition coefficient (Wildman–Crippen LogP) is 3.10. The van der Waals surface area contributed by atoms with Crippen molar-refractivity contribution in [3.8, 4) is 0 Å². The zero-order valence-corrected chi connectivity index (χ0v) is 10.6. The van der Waals surface area contributed by atoms with Gasteiger partial charge >= 0.3 is 0 Å². The van der Waals surface area contributed by atoms with Crippen LogP contribution in [0.25, 0.3) is 0 Å². The molecule has 0 radical (unpaired) electrons. The van der Waals surface area contributed by atoms with Gasteiger partial charge in [0, 0.05) is 17.8 Å². The van der Waals surface area contributed by atoms with E-state index in [1.807, 2.05) is 36.9 Å². The molecule has 0 atom stereocenters. The molecule has 0 unspecified atom stereocenters. The normalized spacial score (nSPS) is 13.8. The van der Waals surface area contributed by atoms with E-state index in [4.69, 9.17) is 4.42 Å². The zero-order valence-electron chi connectivity index (χ0n) is 10.6. The highest BCUT2D eigenvalue weighted by Crippen LogP contribution is 2.30. The third kappa shape index (κ3) is 1.55. The summed E-state index contributed by atoms with van der Waals surface area (Å²) in [5.74, 6) is 0.741. The third-order valence-corrected chi connectivity index (χ3v) is 3.51. The number of carbonyl (C=O) groups excluding carboxylic acids is 1. The molecule has 1 aliphatic rings. The monoisotopic (exact) mass is 241 g/mol. The minimum absolute atomic E-state index is 0.0451. The van der Waals surface area contributed by atoms with Crippen LogP contribution in [-0.2, 0) is 6.42 Å². The topological polar surface area (TPSA) is 33.5 Å². The first-order valence-electron chi connectivity index (χ1n) is 6.13. The molecule has 2 heterocycles. The molecule has 1 aromatic heterocycles. The van der Waals surface area contributed by atoms with Crippen LogP contribution >= 0.6 is 0 Å². The van der Waals surface area contributed by atoms with E-state index in [0.717, 1.165) is 24.2 Å². The number of hydrogen-bond donors (Lipinski definition) is 0. The van der Waals surface area contributed by atoms with Gasteiger partial charge in [0.2, 0.25) is 0 Å². The maximum atomic E-state index is 12.6. The minimum Gasteiger partial charge on any atom is -0.469 e. The second kappa shape index (κ2) is 4.02. The summed E-state index contributed by atoms with van der Waals surface area (Å²) in [5, 5.41) is 0. The van der Waals surface area contributed by atoms with Crippen molar-refractivity contribution in [3.63, 3.8) is 0 Å². The molecule has 1 aliphatic heterocycles. The highest BCUT2D eigenvalue weighted by atomic mass is 16.3. The number of nitrogens with zero attached hydrogens (tertiary/aromatic N) is 1. The average Bonchev–Trinajstić information content (AvgIpc) is 2.93. The number of anilines is 1.